The number of nitrogens with one attached hydrogen (secondary N) is 1. The van der Waals surface area contributed by atoms with Crippen LogP contribution in [0, 0.1) is 0 Å². The van der Waals surface area contributed by atoms with Gasteiger partial charge >= 0.3 is 0 Å². The predicted molar refractivity (Wildman–Crippen MR) is 97.6 cm³/mol. The van der Waals surface area contributed by atoms with E-state index >= 15 is 0 Å². The monoisotopic (exact) mass is 389 g/mol. The van der Waals surface area contributed by atoms with Crippen LogP contribution in [0.15, 0.2) is 27.5 Å². The number of anilines is 1. The van der Waals surface area contributed by atoms with Gasteiger partial charge in [-0.25, -0.2) is 4.99 Å². The lowest BCUT2D eigenvalue weighted by Crippen LogP contribution is -2.13. The molecule has 0 radical (unpaired) electrons. The fourth-order valence-corrected chi connectivity index (χ4v) is 3.43. The van der Waals surface area contributed by atoms with E-state index in [9.17, 15) is 4.79 Å². The molecule has 122 valence electrons. The third-order valence-corrected chi connectivity index (χ3v) is 4.67. The fraction of sp³-hybridized carbons (Fsp3) is 0.231. The van der Waals surface area contributed by atoms with E-state index in [1.54, 1.807) is 29.4 Å². The first-order valence-corrected chi connectivity index (χ1v) is 8.91. The molecule has 0 atom stereocenters. The van der Waals surface area contributed by atoms with Crippen molar-refractivity contribution in [1.82, 2.24) is 15.1 Å². The minimum Gasteiger partial charge on any atom is -0.369 e. The summed E-state index contributed by atoms with van der Waals surface area (Å²) in [6.45, 7) is 0. The van der Waals surface area contributed by atoms with E-state index in [4.69, 9.17) is 23.2 Å². The van der Waals surface area contributed by atoms with Crippen molar-refractivity contribution in [3.8, 4) is 0 Å². The maximum Gasteiger partial charge on any atom is 0.234 e. The molecule has 0 saturated heterocycles. The number of aromatic nitrogens is 2. The highest BCUT2D eigenvalue weighted by Crippen LogP contribution is 2.27. The summed E-state index contributed by atoms with van der Waals surface area (Å²) in [5, 5.41) is 12.1. The molecule has 0 aliphatic rings. The van der Waals surface area contributed by atoms with Crippen molar-refractivity contribution in [2.45, 2.75) is 4.34 Å². The molecule has 0 bridgehead atoms. The molecule has 2 aromatic rings. The number of rotatable bonds is 6. The number of hydrogen-bond acceptors (Lipinski definition) is 6. The lowest BCUT2D eigenvalue weighted by Gasteiger charge is -2.05. The van der Waals surface area contributed by atoms with Crippen LogP contribution in [-0.4, -0.2) is 47.2 Å². The van der Waals surface area contributed by atoms with Crippen molar-refractivity contribution in [1.29, 1.82) is 0 Å². The summed E-state index contributed by atoms with van der Waals surface area (Å²) in [6, 6.07) is 4.87. The third kappa shape index (κ3) is 6.34. The van der Waals surface area contributed by atoms with Gasteiger partial charge in [0.2, 0.25) is 11.0 Å². The Labute approximate surface area is 151 Å². The van der Waals surface area contributed by atoms with Crippen LogP contribution in [0.1, 0.15) is 0 Å². The van der Waals surface area contributed by atoms with Crippen molar-refractivity contribution in [3.05, 3.63) is 28.2 Å². The van der Waals surface area contributed by atoms with E-state index in [1.807, 2.05) is 14.1 Å². The van der Waals surface area contributed by atoms with Crippen LogP contribution in [0.2, 0.25) is 10.0 Å². The van der Waals surface area contributed by atoms with Crippen molar-refractivity contribution < 1.29 is 4.79 Å². The summed E-state index contributed by atoms with van der Waals surface area (Å²) in [4.78, 5) is 17.9. The molecule has 0 saturated carbocycles. The lowest BCUT2D eigenvalue weighted by atomic mass is 10.3. The van der Waals surface area contributed by atoms with Crippen LogP contribution in [0.4, 0.5) is 10.8 Å². The highest BCUT2D eigenvalue weighted by molar-refractivity contribution is 8.01. The van der Waals surface area contributed by atoms with Gasteiger partial charge in [0.15, 0.2) is 4.34 Å². The van der Waals surface area contributed by atoms with Gasteiger partial charge in [0, 0.05) is 29.8 Å². The number of benzene rings is 1. The first-order chi connectivity index (χ1) is 10.9. The average molecular weight is 390 g/mol. The Bertz CT molecular complexity index is 700. The normalized spacial score (nSPS) is 11.0. The minimum absolute atomic E-state index is 0.179. The zero-order chi connectivity index (χ0) is 16.8. The van der Waals surface area contributed by atoms with Gasteiger partial charge < -0.3 is 10.2 Å². The molecule has 1 aromatic heterocycles. The number of carbonyl (C=O) groups excluding carboxylic acids is 1. The van der Waals surface area contributed by atoms with E-state index in [-0.39, 0.29) is 11.7 Å². The number of thioether (sulfide) groups is 1. The Morgan fingerprint density at radius 3 is 2.70 bits per heavy atom. The van der Waals surface area contributed by atoms with Crippen molar-refractivity contribution in [2.75, 3.05) is 25.2 Å². The van der Waals surface area contributed by atoms with Crippen molar-refractivity contribution in [2.24, 2.45) is 4.99 Å². The van der Waals surface area contributed by atoms with Gasteiger partial charge in [-0.1, -0.05) is 46.3 Å². The highest BCUT2D eigenvalue weighted by atomic mass is 35.5. The molecule has 0 unspecified atom stereocenters. The molecule has 1 amide bonds. The molecular formula is C13H13Cl2N5OS2. The maximum atomic E-state index is 11.9. The highest BCUT2D eigenvalue weighted by Gasteiger charge is 2.09. The quantitative estimate of drug-likeness (QED) is 0.462. The Balaban J connectivity index is 1.87. The van der Waals surface area contributed by atoms with E-state index in [1.165, 1.54) is 23.1 Å². The van der Waals surface area contributed by atoms with Crippen LogP contribution >= 0.6 is 46.3 Å². The number of aliphatic imine (C=N–C) groups is 1. The molecule has 1 heterocycles. The number of carbonyl (C=O) groups is 1. The van der Waals surface area contributed by atoms with E-state index in [0.29, 0.717) is 25.2 Å². The second kappa shape index (κ2) is 8.49. The molecule has 1 aromatic carbocycles. The van der Waals surface area contributed by atoms with E-state index < -0.39 is 0 Å². The summed E-state index contributed by atoms with van der Waals surface area (Å²) in [5.41, 5.74) is 0.557. The number of nitrogens with zero attached hydrogens (tertiary/aromatic N) is 4. The van der Waals surface area contributed by atoms with Gasteiger partial charge in [0.1, 0.15) is 0 Å². The molecule has 2 rings (SSSR count). The Kier molecular flexibility index (Phi) is 6.64. The molecule has 23 heavy (non-hydrogen) atoms. The van der Waals surface area contributed by atoms with E-state index in [0.717, 1.165) is 0 Å². The summed E-state index contributed by atoms with van der Waals surface area (Å²) in [5.74, 6) is 0.0257. The standard InChI is InChI=1S/C13H13Cl2N5OS2/c1-20(2)7-16-12-18-19-13(23-12)22-6-11(21)17-10-4-8(14)3-9(15)5-10/h3-5,7H,6H2,1-2H3,(H,17,21). The van der Waals surface area contributed by atoms with Gasteiger partial charge in [-0.3, -0.25) is 4.79 Å². The van der Waals surface area contributed by atoms with Crippen molar-refractivity contribution >= 4 is 69.4 Å². The number of halogens is 2. The van der Waals surface area contributed by atoms with Crippen molar-refractivity contribution in [3.63, 3.8) is 0 Å². The predicted octanol–water partition coefficient (Wildman–Crippen LogP) is 3.80. The second-order valence-corrected chi connectivity index (χ2v) is 7.61. The van der Waals surface area contributed by atoms with Crippen LogP contribution < -0.4 is 5.32 Å². The molecule has 6 nitrogen and oxygen atoms in total. The van der Waals surface area contributed by atoms with Crippen LogP contribution in [0.5, 0.6) is 0 Å². The van der Waals surface area contributed by atoms with Gasteiger partial charge in [0.05, 0.1) is 12.1 Å². The SMILES string of the molecule is CN(C)C=Nc1nnc(SCC(=O)Nc2cc(Cl)cc(Cl)c2)s1. The molecule has 0 aliphatic carbocycles. The lowest BCUT2D eigenvalue weighted by molar-refractivity contribution is -0.113. The zero-order valence-electron chi connectivity index (χ0n) is 12.3. The Hall–Kier alpha value is -1.35. The van der Waals surface area contributed by atoms with Gasteiger partial charge in [-0.15, -0.1) is 10.2 Å². The number of amides is 1. The Morgan fingerprint density at radius 2 is 2.04 bits per heavy atom. The molecule has 1 N–H and O–H groups in total. The molecular weight excluding hydrogens is 377 g/mol. The third-order valence-electron chi connectivity index (χ3n) is 2.27. The smallest absolute Gasteiger partial charge is 0.234 e. The number of hydrogen-bond donors (Lipinski definition) is 1. The zero-order valence-corrected chi connectivity index (χ0v) is 15.4. The molecule has 10 heteroatoms. The minimum atomic E-state index is -0.179. The largest absolute Gasteiger partial charge is 0.369 e. The topological polar surface area (TPSA) is 70.5 Å². The van der Waals surface area contributed by atoms with Gasteiger partial charge in [0.25, 0.3) is 0 Å². The second-order valence-electron chi connectivity index (χ2n) is 4.55. The Morgan fingerprint density at radius 1 is 1.35 bits per heavy atom. The van der Waals surface area contributed by atoms with Crippen LogP contribution in [-0.2, 0) is 4.79 Å². The summed E-state index contributed by atoms with van der Waals surface area (Å²) in [6.07, 6.45) is 1.64. The average Bonchev–Trinajstić information content (AvgIpc) is 2.90. The van der Waals surface area contributed by atoms with Gasteiger partial charge in [-0.05, 0) is 18.2 Å². The molecule has 0 aliphatic heterocycles. The molecule has 0 spiro atoms. The van der Waals surface area contributed by atoms with Crippen LogP contribution in [0.25, 0.3) is 0 Å². The van der Waals surface area contributed by atoms with Gasteiger partial charge in [-0.2, -0.15) is 0 Å². The van der Waals surface area contributed by atoms with E-state index in [2.05, 4.69) is 20.5 Å². The summed E-state index contributed by atoms with van der Waals surface area (Å²) < 4.78 is 0.676. The first-order valence-electron chi connectivity index (χ1n) is 6.35. The maximum absolute atomic E-state index is 11.9. The fourth-order valence-electron chi connectivity index (χ4n) is 1.43. The summed E-state index contributed by atoms with van der Waals surface area (Å²) in [7, 11) is 3.74. The first kappa shape index (κ1) is 18.0. The summed E-state index contributed by atoms with van der Waals surface area (Å²) >= 11 is 14.4. The van der Waals surface area contributed by atoms with Crippen LogP contribution in [0.3, 0.4) is 0 Å². The molecule has 0 fully saturated rings.